The summed E-state index contributed by atoms with van der Waals surface area (Å²) in [5, 5.41) is 13.5. The van der Waals surface area contributed by atoms with E-state index in [0.717, 1.165) is 31.2 Å². The highest BCUT2D eigenvalue weighted by Gasteiger charge is 2.56. The normalized spacial score (nSPS) is 26.0. The molecule has 3 fully saturated rings. The van der Waals surface area contributed by atoms with Gasteiger partial charge in [-0.2, -0.15) is 0 Å². The van der Waals surface area contributed by atoms with Crippen molar-refractivity contribution in [2.75, 3.05) is 6.54 Å². The van der Waals surface area contributed by atoms with Crippen LogP contribution in [0.4, 0.5) is 0 Å². The Bertz CT molecular complexity index is 1470. The third-order valence-electron chi connectivity index (χ3n) is 9.76. The molecule has 0 radical (unpaired) electrons. The molecule has 2 heterocycles. The van der Waals surface area contributed by atoms with Gasteiger partial charge in [-0.3, -0.25) is 24.0 Å². The van der Waals surface area contributed by atoms with E-state index in [2.05, 4.69) is 35.0 Å². The van der Waals surface area contributed by atoms with E-state index < -0.39 is 52.6 Å². The Balaban J connectivity index is 1.38. The summed E-state index contributed by atoms with van der Waals surface area (Å²) in [5.74, 6) is -1.88. The van der Waals surface area contributed by atoms with Gasteiger partial charge >= 0.3 is 0 Å². The molecule has 11 nitrogen and oxygen atoms in total. The van der Waals surface area contributed by atoms with Gasteiger partial charge in [0.15, 0.2) is 5.60 Å². The van der Waals surface area contributed by atoms with Crippen molar-refractivity contribution in [2.45, 2.75) is 123 Å². The SMILES string of the molecule is CCC[C@H](NC(=O)[C@@H]1C[C@]2(CC(c3cccc(Cl)c3)=NO2)CN1C(=O)[C@@H](NC(=O)[C@@H]1C[C@H]1CC(C)C)C(C)(C)C)C(=O)C(=O)NC1CC1. The number of oxime groups is 1. The minimum atomic E-state index is -1.04. The van der Waals surface area contributed by atoms with Crippen LogP contribution in [-0.4, -0.2) is 76.3 Å². The van der Waals surface area contributed by atoms with Gasteiger partial charge in [-0.25, -0.2) is 0 Å². The number of nitrogens with one attached hydrogen (secondary N) is 3. The Kier molecular flexibility index (Phi) is 10.6. The highest BCUT2D eigenvalue weighted by Crippen LogP contribution is 2.44. The van der Waals surface area contributed by atoms with Gasteiger partial charge in [0, 0.05) is 35.4 Å². The molecule has 262 valence electrons. The summed E-state index contributed by atoms with van der Waals surface area (Å²) in [6.45, 7) is 11.8. The zero-order valence-corrected chi connectivity index (χ0v) is 29.7. The molecule has 12 heteroatoms. The number of hydrogen-bond donors (Lipinski definition) is 3. The van der Waals surface area contributed by atoms with Gasteiger partial charge in [0.1, 0.15) is 12.1 Å². The highest BCUT2D eigenvalue weighted by atomic mass is 35.5. The maximum Gasteiger partial charge on any atom is 0.289 e. The van der Waals surface area contributed by atoms with Gasteiger partial charge < -0.3 is 25.7 Å². The second kappa shape index (κ2) is 14.2. The average Bonchev–Trinajstić information content (AvgIpc) is 3.91. The van der Waals surface area contributed by atoms with Crippen LogP contribution in [-0.2, 0) is 28.8 Å². The van der Waals surface area contributed by atoms with E-state index in [0.29, 0.717) is 35.4 Å². The summed E-state index contributed by atoms with van der Waals surface area (Å²) in [7, 11) is 0. The number of Topliss-reactive ketones (excluding diaryl/α,β-unsaturated/α-hetero) is 1. The van der Waals surface area contributed by atoms with Crippen molar-refractivity contribution in [3.8, 4) is 0 Å². The fourth-order valence-electron chi connectivity index (χ4n) is 6.92. The lowest BCUT2D eigenvalue weighted by atomic mass is 9.85. The van der Waals surface area contributed by atoms with Crippen LogP contribution in [0.1, 0.15) is 98.5 Å². The van der Waals surface area contributed by atoms with Crippen LogP contribution >= 0.6 is 11.6 Å². The molecule has 2 saturated carbocycles. The summed E-state index contributed by atoms with van der Waals surface area (Å²) in [5.41, 5.74) is -0.256. The lowest BCUT2D eigenvalue weighted by molar-refractivity contribution is -0.145. The summed E-state index contributed by atoms with van der Waals surface area (Å²) in [6, 6.07) is 4.26. The number of nitrogens with zero attached hydrogens (tertiary/aromatic N) is 2. The number of benzene rings is 1. The molecule has 0 aromatic heterocycles. The predicted molar refractivity (Wildman–Crippen MR) is 182 cm³/mol. The third kappa shape index (κ3) is 8.39. The van der Waals surface area contributed by atoms with E-state index in [1.54, 1.807) is 12.1 Å². The molecule has 4 aliphatic rings. The molecule has 6 atom stereocenters. The Morgan fingerprint density at radius 1 is 1.10 bits per heavy atom. The van der Waals surface area contributed by atoms with Crippen LogP contribution in [0, 0.1) is 23.2 Å². The van der Waals surface area contributed by atoms with Crippen LogP contribution in [0.2, 0.25) is 5.02 Å². The molecule has 3 N–H and O–H groups in total. The van der Waals surface area contributed by atoms with Crippen LogP contribution in [0.3, 0.4) is 0 Å². The Morgan fingerprint density at radius 2 is 1.83 bits per heavy atom. The minimum Gasteiger partial charge on any atom is -0.387 e. The first-order valence-corrected chi connectivity index (χ1v) is 17.8. The molecule has 2 aliphatic heterocycles. The summed E-state index contributed by atoms with van der Waals surface area (Å²) < 4.78 is 0. The van der Waals surface area contributed by atoms with Gasteiger partial charge in [-0.15, -0.1) is 0 Å². The second-order valence-corrected chi connectivity index (χ2v) is 16.1. The van der Waals surface area contributed by atoms with Crippen molar-refractivity contribution in [1.29, 1.82) is 0 Å². The second-order valence-electron chi connectivity index (χ2n) is 15.7. The standard InChI is InChI=1S/C36H50ClN5O6/c1-7-9-26(29(43)33(46)38-24-12-13-24)39-32(45)28-18-36(17-27(41-48-36)21-10-8-11-23(37)15-21)19-42(28)34(47)30(35(4,5)6)40-31(44)25-16-22(25)14-20(2)3/h8,10-11,15,20,22,24-26,28,30H,7,9,12-14,16-19H2,1-6H3,(H,38,46)(H,39,45)(H,40,44)/t22-,25-,26+,28+,30-,36-/m1/s1. The summed E-state index contributed by atoms with van der Waals surface area (Å²) in [4.78, 5) is 75.4. The molecule has 0 bridgehead atoms. The molecule has 0 unspecified atom stereocenters. The van der Waals surface area contributed by atoms with Crippen molar-refractivity contribution in [3.05, 3.63) is 34.9 Å². The smallest absolute Gasteiger partial charge is 0.289 e. The number of halogens is 1. The quantitative estimate of drug-likeness (QED) is 0.266. The average molecular weight is 684 g/mol. The van der Waals surface area contributed by atoms with Crippen molar-refractivity contribution in [3.63, 3.8) is 0 Å². The number of likely N-dealkylation sites (tertiary alicyclic amines) is 1. The van der Waals surface area contributed by atoms with Gasteiger partial charge in [-0.05, 0) is 61.5 Å². The predicted octanol–water partition coefficient (Wildman–Crippen LogP) is 4.15. The first kappa shape index (κ1) is 35.8. The number of hydrogen-bond acceptors (Lipinski definition) is 7. The molecule has 1 spiro atoms. The highest BCUT2D eigenvalue weighted by molar-refractivity contribution is 6.38. The molecule has 5 rings (SSSR count). The Labute approximate surface area is 288 Å². The van der Waals surface area contributed by atoms with Crippen LogP contribution in [0.5, 0.6) is 0 Å². The number of carbonyl (C=O) groups excluding carboxylic acids is 5. The molecule has 1 saturated heterocycles. The van der Waals surface area contributed by atoms with Crippen molar-refractivity contribution in [1.82, 2.24) is 20.9 Å². The summed E-state index contributed by atoms with van der Waals surface area (Å²) >= 11 is 6.24. The Morgan fingerprint density at radius 3 is 2.46 bits per heavy atom. The molecular formula is C36H50ClN5O6. The molecular weight excluding hydrogens is 634 g/mol. The maximum atomic E-state index is 14.6. The fourth-order valence-corrected chi connectivity index (χ4v) is 7.11. The van der Waals surface area contributed by atoms with Gasteiger partial charge in [0.2, 0.25) is 23.5 Å². The molecule has 1 aromatic carbocycles. The zero-order valence-electron chi connectivity index (χ0n) is 28.9. The van der Waals surface area contributed by atoms with Crippen LogP contribution in [0.25, 0.3) is 0 Å². The van der Waals surface area contributed by atoms with Crippen molar-refractivity contribution in [2.24, 2.45) is 28.3 Å². The van der Waals surface area contributed by atoms with E-state index in [9.17, 15) is 24.0 Å². The largest absolute Gasteiger partial charge is 0.387 e. The lowest BCUT2D eigenvalue weighted by Gasteiger charge is -2.35. The third-order valence-corrected chi connectivity index (χ3v) is 10.00. The van der Waals surface area contributed by atoms with E-state index in [-0.39, 0.29) is 37.3 Å². The van der Waals surface area contributed by atoms with Crippen LogP contribution < -0.4 is 16.0 Å². The van der Waals surface area contributed by atoms with E-state index in [1.165, 1.54) is 4.90 Å². The zero-order chi connectivity index (χ0) is 35.0. The first-order chi connectivity index (χ1) is 22.6. The van der Waals surface area contributed by atoms with Crippen molar-refractivity contribution >= 4 is 46.7 Å². The van der Waals surface area contributed by atoms with E-state index in [1.807, 2.05) is 39.8 Å². The first-order valence-electron chi connectivity index (χ1n) is 17.4. The van der Waals surface area contributed by atoms with Gasteiger partial charge in [-0.1, -0.05) is 76.9 Å². The number of carbonyl (C=O) groups is 5. The van der Waals surface area contributed by atoms with Gasteiger partial charge in [0.05, 0.1) is 18.3 Å². The van der Waals surface area contributed by atoms with E-state index in [4.69, 9.17) is 16.4 Å². The topological polar surface area (TPSA) is 146 Å². The number of rotatable bonds is 13. The number of ketones is 1. The Hall–Kier alpha value is -3.47. The van der Waals surface area contributed by atoms with Crippen LogP contribution in [0.15, 0.2) is 29.4 Å². The summed E-state index contributed by atoms with van der Waals surface area (Å²) in [6.07, 6.45) is 4.67. The molecule has 4 amide bonds. The fraction of sp³-hybridized carbons (Fsp3) is 0.667. The molecule has 48 heavy (non-hydrogen) atoms. The minimum absolute atomic E-state index is 0.00345. The molecule has 1 aromatic rings. The van der Waals surface area contributed by atoms with E-state index >= 15 is 0 Å². The number of amides is 4. The lowest BCUT2D eigenvalue weighted by Crippen LogP contribution is -2.59. The maximum absolute atomic E-state index is 14.6. The van der Waals surface area contributed by atoms with Gasteiger partial charge in [0.25, 0.3) is 5.91 Å². The van der Waals surface area contributed by atoms with Crippen molar-refractivity contribution < 1.29 is 28.8 Å². The monoisotopic (exact) mass is 683 g/mol. The molecule has 2 aliphatic carbocycles.